The molecule has 0 atom stereocenters. The molecule has 0 aliphatic heterocycles. The van der Waals surface area contributed by atoms with Gasteiger partial charge in [-0.05, 0) is 36.8 Å². The van der Waals surface area contributed by atoms with Crippen LogP contribution in [0.1, 0.15) is 24.2 Å². The van der Waals surface area contributed by atoms with Crippen LogP contribution in [0.2, 0.25) is 0 Å². The average Bonchev–Trinajstić information content (AvgIpc) is 2.69. The van der Waals surface area contributed by atoms with Gasteiger partial charge in [-0.1, -0.05) is 54.0 Å². The molecule has 0 radical (unpaired) electrons. The number of hydrogen-bond acceptors (Lipinski definition) is 4. The largest absolute Gasteiger partial charge is 0.363 e. The van der Waals surface area contributed by atoms with Crippen molar-refractivity contribution in [2.75, 3.05) is 18.5 Å². The quantitative estimate of drug-likeness (QED) is 0.493. The molecule has 1 amide bonds. The Morgan fingerprint density at radius 2 is 1.68 bits per heavy atom. The van der Waals surface area contributed by atoms with Gasteiger partial charge in [-0.3, -0.25) is 9.36 Å². The van der Waals surface area contributed by atoms with E-state index in [9.17, 15) is 9.36 Å². The minimum Gasteiger partial charge on any atom is -0.321 e. The first kappa shape index (κ1) is 20.3. The standard InChI is InChI=1S/C21H23BNO4P/c1-3-26-28(25,27-4-2)20-14-16(22)12-13-19(20)23-21(24)18-11-7-9-15-8-5-6-10-17(15)18/h5-14H,3-4,22H2,1-2H3,(H,23,24). The van der Waals surface area contributed by atoms with Crippen LogP contribution in [0.5, 0.6) is 0 Å². The summed E-state index contributed by atoms with van der Waals surface area (Å²) in [4.78, 5) is 13.0. The summed E-state index contributed by atoms with van der Waals surface area (Å²) in [6.07, 6.45) is 0. The number of carbonyl (C=O) groups excluding carboxylic acids is 1. The van der Waals surface area contributed by atoms with Crippen LogP contribution in [0.25, 0.3) is 10.8 Å². The third-order valence-electron chi connectivity index (χ3n) is 4.33. The van der Waals surface area contributed by atoms with Crippen LogP contribution in [0.3, 0.4) is 0 Å². The molecule has 0 aromatic heterocycles. The van der Waals surface area contributed by atoms with Crippen molar-refractivity contribution >= 4 is 48.6 Å². The predicted molar refractivity (Wildman–Crippen MR) is 117 cm³/mol. The van der Waals surface area contributed by atoms with Crippen LogP contribution in [-0.4, -0.2) is 27.0 Å². The number of hydrogen-bond donors (Lipinski definition) is 1. The van der Waals surface area contributed by atoms with Gasteiger partial charge in [-0.25, -0.2) is 0 Å². The van der Waals surface area contributed by atoms with Crippen LogP contribution in [0.15, 0.2) is 60.7 Å². The van der Waals surface area contributed by atoms with E-state index in [4.69, 9.17) is 9.05 Å². The monoisotopic (exact) mass is 395 g/mol. The second-order valence-electron chi connectivity index (χ2n) is 6.33. The fraction of sp³-hybridized carbons (Fsp3) is 0.190. The van der Waals surface area contributed by atoms with Gasteiger partial charge in [0, 0.05) is 5.56 Å². The zero-order valence-electron chi connectivity index (χ0n) is 16.3. The molecule has 28 heavy (non-hydrogen) atoms. The van der Waals surface area contributed by atoms with Gasteiger partial charge in [-0.15, -0.1) is 0 Å². The first-order valence-corrected chi connectivity index (χ1v) is 10.8. The third-order valence-corrected chi connectivity index (χ3v) is 6.49. The van der Waals surface area contributed by atoms with Crippen LogP contribution >= 0.6 is 7.60 Å². The molecule has 5 nitrogen and oxygen atoms in total. The van der Waals surface area contributed by atoms with Crippen molar-refractivity contribution in [3.63, 3.8) is 0 Å². The van der Waals surface area contributed by atoms with Crippen molar-refractivity contribution in [3.8, 4) is 0 Å². The van der Waals surface area contributed by atoms with E-state index in [0.717, 1.165) is 16.2 Å². The number of benzene rings is 3. The number of amides is 1. The Kier molecular flexibility index (Phi) is 6.35. The first-order chi connectivity index (χ1) is 13.5. The van der Waals surface area contributed by atoms with Gasteiger partial charge in [0.1, 0.15) is 7.85 Å². The van der Waals surface area contributed by atoms with E-state index in [1.807, 2.05) is 50.3 Å². The molecule has 0 saturated heterocycles. The van der Waals surface area contributed by atoms with Crippen LogP contribution in [0.4, 0.5) is 5.69 Å². The van der Waals surface area contributed by atoms with Gasteiger partial charge in [-0.2, -0.15) is 0 Å². The molecule has 0 bridgehead atoms. The zero-order valence-corrected chi connectivity index (χ0v) is 17.2. The molecule has 3 aromatic rings. The summed E-state index contributed by atoms with van der Waals surface area (Å²) in [6.45, 7) is 4.00. The molecule has 0 aliphatic rings. The van der Waals surface area contributed by atoms with Crippen molar-refractivity contribution in [3.05, 3.63) is 66.2 Å². The molecule has 0 aliphatic carbocycles. The van der Waals surface area contributed by atoms with Crippen molar-refractivity contribution in [1.29, 1.82) is 0 Å². The van der Waals surface area contributed by atoms with E-state index < -0.39 is 7.60 Å². The highest BCUT2D eigenvalue weighted by Gasteiger charge is 2.30. The summed E-state index contributed by atoms with van der Waals surface area (Å²) in [6, 6.07) is 18.6. The van der Waals surface area contributed by atoms with E-state index in [1.165, 1.54) is 0 Å². The smallest absolute Gasteiger partial charge is 0.321 e. The maximum Gasteiger partial charge on any atom is 0.363 e. The molecular formula is C21H23BNO4P. The molecule has 1 N–H and O–H groups in total. The molecule has 0 fully saturated rings. The molecular weight excluding hydrogens is 372 g/mol. The molecule has 0 heterocycles. The molecule has 144 valence electrons. The van der Waals surface area contributed by atoms with E-state index in [-0.39, 0.29) is 19.1 Å². The van der Waals surface area contributed by atoms with E-state index >= 15 is 0 Å². The number of anilines is 1. The first-order valence-electron chi connectivity index (χ1n) is 9.28. The summed E-state index contributed by atoms with van der Waals surface area (Å²) in [5.74, 6) is -0.276. The maximum absolute atomic E-state index is 13.3. The van der Waals surface area contributed by atoms with Crippen molar-refractivity contribution < 1.29 is 18.4 Å². The highest BCUT2D eigenvalue weighted by molar-refractivity contribution is 7.62. The SMILES string of the molecule is Bc1ccc(NC(=O)c2cccc3ccccc23)c(P(=O)(OCC)OCC)c1. The molecule has 7 heteroatoms. The van der Waals surface area contributed by atoms with Gasteiger partial charge >= 0.3 is 7.60 Å². The Balaban J connectivity index is 2.02. The number of nitrogens with one attached hydrogen (secondary N) is 1. The van der Waals surface area contributed by atoms with Gasteiger partial charge in [0.25, 0.3) is 5.91 Å². The topological polar surface area (TPSA) is 64.6 Å². The van der Waals surface area contributed by atoms with Crippen LogP contribution in [0, 0.1) is 0 Å². The minimum absolute atomic E-state index is 0.238. The molecule has 3 aromatic carbocycles. The Bertz CT molecular complexity index is 1040. The zero-order chi connectivity index (χ0) is 20.1. The normalized spacial score (nSPS) is 11.5. The number of carbonyl (C=O) groups is 1. The summed E-state index contributed by atoms with van der Waals surface area (Å²) < 4.78 is 24.3. The number of rotatable bonds is 7. The third kappa shape index (κ3) is 4.20. The Hall–Kier alpha value is -2.40. The lowest BCUT2D eigenvalue weighted by molar-refractivity contribution is 0.102. The number of fused-ring (bicyclic) bond motifs is 1. The second kappa shape index (κ2) is 8.74. The lowest BCUT2D eigenvalue weighted by Crippen LogP contribution is -2.24. The Morgan fingerprint density at radius 3 is 2.39 bits per heavy atom. The second-order valence-corrected chi connectivity index (χ2v) is 8.33. The highest BCUT2D eigenvalue weighted by Crippen LogP contribution is 2.48. The van der Waals surface area contributed by atoms with Crippen molar-refractivity contribution in [2.24, 2.45) is 0 Å². The van der Waals surface area contributed by atoms with Crippen molar-refractivity contribution in [1.82, 2.24) is 0 Å². The summed E-state index contributed by atoms with van der Waals surface area (Å²) in [7, 11) is -1.66. The fourth-order valence-electron chi connectivity index (χ4n) is 3.10. The Morgan fingerprint density at radius 1 is 1.00 bits per heavy atom. The van der Waals surface area contributed by atoms with Crippen LogP contribution < -0.4 is 16.1 Å². The molecule has 0 spiro atoms. The van der Waals surface area contributed by atoms with Gasteiger partial charge in [0.2, 0.25) is 0 Å². The maximum atomic E-state index is 13.3. The van der Waals surface area contributed by atoms with E-state index in [2.05, 4.69) is 5.32 Å². The van der Waals surface area contributed by atoms with Gasteiger partial charge in [0.15, 0.2) is 0 Å². The summed E-state index contributed by atoms with van der Waals surface area (Å²) in [5, 5.41) is 5.10. The Labute approximate surface area is 166 Å². The average molecular weight is 395 g/mol. The van der Waals surface area contributed by atoms with E-state index in [0.29, 0.717) is 16.6 Å². The summed E-state index contributed by atoms with van der Waals surface area (Å²) >= 11 is 0. The fourth-order valence-corrected chi connectivity index (χ4v) is 4.92. The lowest BCUT2D eigenvalue weighted by atomic mass is 9.96. The lowest BCUT2D eigenvalue weighted by Gasteiger charge is -2.21. The molecule has 0 unspecified atom stereocenters. The predicted octanol–water partition coefficient (Wildman–Crippen LogP) is 3.24. The van der Waals surface area contributed by atoms with Gasteiger partial charge < -0.3 is 14.4 Å². The highest BCUT2D eigenvalue weighted by atomic mass is 31.2. The summed E-state index contributed by atoms with van der Waals surface area (Å²) in [5.41, 5.74) is 1.87. The van der Waals surface area contributed by atoms with Crippen LogP contribution in [-0.2, 0) is 13.6 Å². The molecule has 3 rings (SSSR count). The molecule has 0 saturated carbocycles. The van der Waals surface area contributed by atoms with Gasteiger partial charge in [0.05, 0.1) is 24.2 Å². The van der Waals surface area contributed by atoms with Crippen molar-refractivity contribution in [2.45, 2.75) is 13.8 Å². The van der Waals surface area contributed by atoms with E-state index in [1.54, 1.807) is 32.0 Å². The minimum atomic E-state index is -3.55.